The van der Waals surface area contributed by atoms with E-state index in [9.17, 15) is 0 Å². The fourth-order valence-corrected chi connectivity index (χ4v) is 3.05. The van der Waals surface area contributed by atoms with Crippen LogP contribution in [0.25, 0.3) is 0 Å². The summed E-state index contributed by atoms with van der Waals surface area (Å²) in [5.74, 6) is 0. The molecule has 1 aliphatic heterocycles. The third-order valence-electron chi connectivity index (χ3n) is 4.31. The van der Waals surface area contributed by atoms with E-state index in [1.54, 1.807) is 0 Å². The lowest BCUT2D eigenvalue weighted by Gasteiger charge is -2.39. The first-order valence-electron chi connectivity index (χ1n) is 7.78. The normalized spacial score (nSPS) is 22.8. The lowest BCUT2D eigenvalue weighted by atomic mass is 9.98. The quantitative estimate of drug-likeness (QED) is 0.910. The van der Waals surface area contributed by atoms with Crippen LogP contribution in [0.1, 0.15) is 17.3 Å². The van der Waals surface area contributed by atoms with E-state index in [2.05, 4.69) is 52.6 Å². The van der Waals surface area contributed by atoms with Crippen molar-refractivity contribution >= 4 is 0 Å². The van der Waals surface area contributed by atoms with E-state index in [-0.39, 0.29) is 6.10 Å². The number of hydrogen-bond acceptors (Lipinski definition) is 4. The number of imidazole rings is 1. The third kappa shape index (κ3) is 3.38. The maximum absolute atomic E-state index is 6.04. The van der Waals surface area contributed by atoms with E-state index < -0.39 is 0 Å². The molecule has 5 nitrogen and oxygen atoms in total. The van der Waals surface area contributed by atoms with Gasteiger partial charge in [-0.1, -0.05) is 30.3 Å². The monoisotopic (exact) mass is 300 g/mol. The summed E-state index contributed by atoms with van der Waals surface area (Å²) in [6, 6.07) is 10.9. The predicted octanol–water partition coefficient (Wildman–Crippen LogP) is 1.58. The minimum absolute atomic E-state index is 0.161. The second-order valence-corrected chi connectivity index (χ2v) is 5.87. The van der Waals surface area contributed by atoms with Gasteiger partial charge in [0.1, 0.15) is 0 Å². The van der Waals surface area contributed by atoms with E-state index in [4.69, 9.17) is 4.74 Å². The van der Waals surface area contributed by atoms with Crippen LogP contribution in [0.2, 0.25) is 0 Å². The summed E-state index contributed by atoms with van der Waals surface area (Å²) >= 11 is 0. The van der Waals surface area contributed by atoms with Gasteiger partial charge >= 0.3 is 0 Å². The maximum atomic E-state index is 6.04. The summed E-state index contributed by atoms with van der Waals surface area (Å²) in [6.07, 6.45) is 3.89. The molecule has 1 N–H and O–H groups in total. The molecular weight excluding hydrogens is 276 g/mol. The van der Waals surface area contributed by atoms with E-state index >= 15 is 0 Å². The summed E-state index contributed by atoms with van der Waals surface area (Å²) < 4.78 is 8.08. The van der Waals surface area contributed by atoms with Crippen LogP contribution in [-0.4, -0.2) is 47.3 Å². The first-order valence-corrected chi connectivity index (χ1v) is 7.78. The number of nitrogens with one attached hydrogen (secondary N) is 1. The molecule has 5 heteroatoms. The van der Waals surface area contributed by atoms with Gasteiger partial charge in [-0.3, -0.25) is 4.90 Å². The van der Waals surface area contributed by atoms with Gasteiger partial charge in [-0.2, -0.15) is 0 Å². The molecule has 1 fully saturated rings. The van der Waals surface area contributed by atoms with Crippen molar-refractivity contribution in [2.45, 2.75) is 18.7 Å². The Balaban J connectivity index is 1.64. The fraction of sp³-hybridized carbons (Fsp3) is 0.471. The second-order valence-electron chi connectivity index (χ2n) is 5.87. The van der Waals surface area contributed by atoms with Gasteiger partial charge in [0.2, 0.25) is 0 Å². The average molecular weight is 300 g/mol. The Morgan fingerprint density at radius 1 is 1.27 bits per heavy atom. The van der Waals surface area contributed by atoms with Crippen LogP contribution in [-0.2, 0) is 18.3 Å². The number of likely N-dealkylation sites (N-methyl/N-ethyl adjacent to an activating group) is 1. The molecule has 0 aliphatic carbocycles. The summed E-state index contributed by atoms with van der Waals surface area (Å²) in [5.41, 5.74) is 2.50. The predicted molar refractivity (Wildman–Crippen MR) is 86.5 cm³/mol. The van der Waals surface area contributed by atoms with Crippen LogP contribution in [0.5, 0.6) is 0 Å². The zero-order valence-corrected chi connectivity index (χ0v) is 13.3. The molecule has 1 aromatic carbocycles. The van der Waals surface area contributed by atoms with Gasteiger partial charge in [0.15, 0.2) is 0 Å². The smallest absolute Gasteiger partial charge is 0.0945 e. The molecule has 0 radical (unpaired) electrons. The molecule has 2 aromatic rings. The van der Waals surface area contributed by atoms with Gasteiger partial charge in [-0.05, 0) is 12.6 Å². The van der Waals surface area contributed by atoms with Crippen molar-refractivity contribution in [3.8, 4) is 0 Å². The Kier molecular flexibility index (Phi) is 4.87. The molecule has 22 heavy (non-hydrogen) atoms. The van der Waals surface area contributed by atoms with Crippen LogP contribution in [0.4, 0.5) is 0 Å². The molecule has 3 rings (SSSR count). The van der Waals surface area contributed by atoms with E-state index in [1.807, 2.05) is 24.1 Å². The lowest BCUT2D eigenvalue weighted by Crippen LogP contribution is -2.47. The van der Waals surface area contributed by atoms with Crippen LogP contribution in [0.15, 0.2) is 42.9 Å². The van der Waals surface area contributed by atoms with Crippen molar-refractivity contribution in [1.29, 1.82) is 0 Å². The standard InChI is InChI=1S/C17H24N4O/c1-20-8-9-22-16(17(20)14-6-4-3-5-7-14)12-18-10-15-11-19-13-21(15)2/h3-7,11,13,16-18H,8-10,12H2,1-2H3/t16-,17-/m0/s1. The molecule has 1 aromatic heterocycles. The van der Waals surface area contributed by atoms with Gasteiger partial charge in [-0.25, -0.2) is 4.98 Å². The molecule has 0 amide bonds. The Morgan fingerprint density at radius 2 is 2.09 bits per heavy atom. The van der Waals surface area contributed by atoms with Crippen molar-refractivity contribution in [3.05, 3.63) is 54.1 Å². The van der Waals surface area contributed by atoms with Crippen LogP contribution < -0.4 is 5.32 Å². The van der Waals surface area contributed by atoms with Crippen LogP contribution in [0.3, 0.4) is 0 Å². The van der Waals surface area contributed by atoms with Crippen molar-refractivity contribution in [2.75, 3.05) is 26.7 Å². The third-order valence-corrected chi connectivity index (χ3v) is 4.31. The van der Waals surface area contributed by atoms with Crippen LogP contribution in [0, 0.1) is 0 Å². The minimum atomic E-state index is 0.161. The highest BCUT2D eigenvalue weighted by atomic mass is 16.5. The van der Waals surface area contributed by atoms with Crippen LogP contribution >= 0.6 is 0 Å². The second kappa shape index (κ2) is 7.05. The maximum Gasteiger partial charge on any atom is 0.0945 e. The van der Waals surface area contributed by atoms with E-state index in [0.29, 0.717) is 6.04 Å². The van der Waals surface area contributed by atoms with Crippen molar-refractivity contribution in [2.24, 2.45) is 7.05 Å². The van der Waals surface area contributed by atoms with Gasteiger partial charge in [-0.15, -0.1) is 0 Å². The van der Waals surface area contributed by atoms with E-state index in [0.717, 1.165) is 26.2 Å². The molecule has 2 heterocycles. The molecular formula is C17H24N4O. The number of benzene rings is 1. The molecule has 0 saturated carbocycles. The molecule has 118 valence electrons. The van der Waals surface area contributed by atoms with E-state index in [1.165, 1.54) is 11.3 Å². The molecule has 2 atom stereocenters. The highest BCUT2D eigenvalue weighted by molar-refractivity contribution is 5.21. The van der Waals surface area contributed by atoms with Crippen molar-refractivity contribution < 1.29 is 4.74 Å². The zero-order chi connectivity index (χ0) is 15.4. The number of hydrogen-bond donors (Lipinski definition) is 1. The van der Waals surface area contributed by atoms with Gasteiger partial charge < -0.3 is 14.6 Å². The summed E-state index contributed by atoms with van der Waals surface area (Å²) in [6.45, 7) is 3.40. The first kappa shape index (κ1) is 15.2. The molecule has 0 bridgehead atoms. The number of aromatic nitrogens is 2. The summed E-state index contributed by atoms with van der Waals surface area (Å²) in [7, 11) is 4.19. The molecule has 1 aliphatic rings. The Morgan fingerprint density at radius 3 is 2.82 bits per heavy atom. The fourth-order valence-electron chi connectivity index (χ4n) is 3.05. The Labute approximate surface area is 131 Å². The number of aryl methyl sites for hydroxylation is 1. The zero-order valence-electron chi connectivity index (χ0n) is 13.3. The highest BCUT2D eigenvalue weighted by Gasteiger charge is 2.30. The van der Waals surface area contributed by atoms with Gasteiger partial charge in [0.25, 0.3) is 0 Å². The van der Waals surface area contributed by atoms with Crippen molar-refractivity contribution in [3.63, 3.8) is 0 Å². The Bertz CT molecular complexity index is 583. The van der Waals surface area contributed by atoms with Gasteiger partial charge in [0.05, 0.1) is 30.8 Å². The Hall–Kier alpha value is -1.69. The number of morpholine rings is 1. The SMILES string of the molecule is CN1CCO[C@@H](CNCc2cncn2C)[C@@H]1c1ccccc1. The first-order chi connectivity index (χ1) is 10.8. The van der Waals surface area contributed by atoms with Gasteiger partial charge in [0, 0.05) is 32.9 Å². The average Bonchev–Trinajstić information content (AvgIpc) is 2.94. The largest absolute Gasteiger partial charge is 0.374 e. The summed E-state index contributed by atoms with van der Waals surface area (Å²) in [5, 5.41) is 3.51. The number of nitrogens with zero attached hydrogens (tertiary/aromatic N) is 3. The lowest BCUT2D eigenvalue weighted by molar-refractivity contribution is -0.0615. The summed E-state index contributed by atoms with van der Waals surface area (Å²) in [4.78, 5) is 6.53. The molecule has 0 unspecified atom stereocenters. The number of rotatable bonds is 5. The van der Waals surface area contributed by atoms with Crippen molar-refractivity contribution in [1.82, 2.24) is 19.8 Å². The highest BCUT2D eigenvalue weighted by Crippen LogP contribution is 2.27. The topological polar surface area (TPSA) is 42.3 Å². The number of ether oxygens (including phenoxy) is 1. The molecule has 1 saturated heterocycles. The molecule has 0 spiro atoms. The minimum Gasteiger partial charge on any atom is -0.374 e.